The number of amides is 1. The van der Waals surface area contributed by atoms with Gasteiger partial charge in [0, 0.05) is 25.2 Å². The molecule has 0 atom stereocenters. The monoisotopic (exact) mass is 383 g/mol. The molecule has 1 saturated heterocycles. The van der Waals surface area contributed by atoms with Crippen LogP contribution in [0.4, 0.5) is 0 Å². The van der Waals surface area contributed by atoms with E-state index in [0.717, 1.165) is 19.3 Å². The number of benzene rings is 2. The molecule has 0 spiro atoms. The maximum atomic E-state index is 13.0. The van der Waals surface area contributed by atoms with E-state index in [-0.39, 0.29) is 11.3 Å². The van der Waals surface area contributed by atoms with Gasteiger partial charge < -0.3 is 19.5 Å². The van der Waals surface area contributed by atoms with E-state index >= 15 is 0 Å². The number of rotatable bonds is 8. The number of methoxy groups -OCH3 is 1. The van der Waals surface area contributed by atoms with Crippen LogP contribution < -0.4 is 14.8 Å². The van der Waals surface area contributed by atoms with E-state index in [2.05, 4.69) is 17.4 Å². The number of ether oxygens (including phenoxy) is 3. The third-order valence-electron chi connectivity index (χ3n) is 5.32. The van der Waals surface area contributed by atoms with Gasteiger partial charge in [-0.15, -0.1) is 0 Å². The fourth-order valence-corrected chi connectivity index (χ4v) is 3.67. The molecule has 2 aromatic carbocycles. The van der Waals surface area contributed by atoms with Gasteiger partial charge in [-0.05, 0) is 37.0 Å². The van der Waals surface area contributed by atoms with Crippen molar-refractivity contribution in [3.05, 3.63) is 59.7 Å². The van der Waals surface area contributed by atoms with Crippen LogP contribution in [0, 0.1) is 0 Å². The minimum Gasteiger partial charge on any atom is -0.493 e. The third kappa shape index (κ3) is 4.47. The molecule has 0 aromatic heterocycles. The zero-order valence-corrected chi connectivity index (χ0v) is 16.7. The highest BCUT2D eigenvalue weighted by Crippen LogP contribution is 2.35. The van der Waals surface area contributed by atoms with Gasteiger partial charge in [0.15, 0.2) is 11.5 Å². The largest absolute Gasteiger partial charge is 0.493 e. The highest BCUT2D eigenvalue weighted by atomic mass is 16.5. The Bertz CT molecular complexity index is 769. The van der Waals surface area contributed by atoms with Crippen molar-refractivity contribution in [3.8, 4) is 11.5 Å². The molecule has 0 saturated carbocycles. The smallest absolute Gasteiger partial charge is 0.255 e. The molecule has 2 aromatic rings. The second kappa shape index (κ2) is 9.60. The van der Waals surface area contributed by atoms with E-state index in [1.165, 1.54) is 5.56 Å². The molecular formula is C23H29NO4. The number of hydrogen-bond acceptors (Lipinski definition) is 4. The Hall–Kier alpha value is -2.53. The predicted octanol–water partition coefficient (Wildman–Crippen LogP) is 3.96. The zero-order chi connectivity index (χ0) is 19.8. The number of carbonyl (C=O) groups is 1. The second-order valence-electron chi connectivity index (χ2n) is 7.13. The molecule has 1 aliphatic rings. The van der Waals surface area contributed by atoms with Crippen LogP contribution in [-0.4, -0.2) is 39.4 Å². The summed E-state index contributed by atoms with van der Waals surface area (Å²) >= 11 is 0. The van der Waals surface area contributed by atoms with Gasteiger partial charge in [0.25, 0.3) is 5.91 Å². The average Bonchev–Trinajstić information content (AvgIpc) is 2.77. The Balaban J connectivity index is 1.80. The molecule has 1 N–H and O–H groups in total. The summed E-state index contributed by atoms with van der Waals surface area (Å²) in [5, 5.41) is 3.15. The van der Waals surface area contributed by atoms with Gasteiger partial charge in [0.1, 0.15) is 0 Å². The molecule has 1 amide bonds. The van der Waals surface area contributed by atoms with Crippen LogP contribution in [0.25, 0.3) is 0 Å². The lowest BCUT2D eigenvalue weighted by Crippen LogP contribution is -2.44. The first-order valence-corrected chi connectivity index (χ1v) is 9.91. The van der Waals surface area contributed by atoms with Gasteiger partial charge in [-0.1, -0.05) is 43.3 Å². The summed E-state index contributed by atoms with van der Waals surface area (Å²) in [5.74, 6) is 0.932. The molecular weight excluding hydrogens is 354 g/mol. The summed E-state index contributed by atoms with van der Waals surface area (Å²) in [4.78, 5) is 13.0. The number of hydrogen-bond donors (Lipinski definition) is 1. The van der Waals surface area contributed by atoms with Crippen LogP contribution in [-0.2, 0) is 10.2 Å². The quantitative estimate of drug-likeness (QED) is 0.750. The van der Waals surface area contributed by atoms with Crippen LogP contribution in [0.1, 0.15) is 42.1 Å². The van der Waals surface area contributed by atoms with Gasteiger partial charge in [0.05, 0.1) is 19.3 Å². The summed E-state index contributed by atoms with van der Waals surface area (Å²) in [6.07, 6.45) is 2.62. The summed E-state index contributed by atoms with van der Waals surface area (Å²) in [6.45, 7) is 4.53. The summed E-state index contributed by atoms with van der Waals surface area (Å²) in [7, 11) is 1.59. The molecule has 28 heavy (non-hydrogen) atoms. The molecule has 0 unspecified atom stereocenters. The van der Waals surface area contributed by atoms with Crippen LogP contribution in [0.3, 0.4) is 0 Å². The van der Waals surface area contributed by atoms with E-state index in [4.69, 9.17) is 14.2 Å². The zero-order valence-electron chi connectivity index (χ0n) is 16.7. The first-order chi connectivity index (χ1) is 13.7. The lowest BCUT2D eigenvalue weighted by molar-refractivity contribution is 0.0487. The second-order valence-corrected chi connectivity index (χ2v) is 7.13. The molecule has 0 radical (unpaired) electrons. The standard InChI is InChI=1S/C23H29NO4/c1-3-14-28-21-19(10-7-11-20(21)26-2)22(25)24-17-23(12-15-27-16-13-23)18-8-5-4-6-9-18/h4-11H,3,12-17H2,1-2H3,(H,24,25). The molecule has 5 nitrogen and oxygen atoms in total. The first-order valence-electron chi connectivity index (χ1n) is 9.91. The Morgan fingerprint density at radius 2 is 1.86 bits per heavy atom. The lowest BCUT2D eigenvalue weighted by Gasteiger charge is -2.38. The van der Waals surface area contributed by atoms with Crippen molar-refractivity contribution in [3.63, 3.8) is 0 Å². The Morgan fingerprint density at radius 3 is 2.54 bits per heavy atom. The van der Waals surface area contributed by atoms with Gasteiger partial charge in [-0.25, -0.2) is 0 Å². The Kier molecular flexibility index (Phi) is 6.93. The van der Waals surface area contributed by atoms with Crippen LogP contribution in [0.2, 0.25) is 0 Å². The van der Waals surface area contributed by atoms with E-state index in [9.17, 15) is 4.79 Å². The van der Waals surface area contributed by atoms with Gasteiger partial charge in [-0.3, -0.25) is 4.79 Å². The van der Waals surface area contributed by atoms with Crippen molar-refractivity contribution in [2.45, 2.75) is 31.6 Å². The maximum Gasteiger partial charge on any atom is 0.255 e. The Labute approximate surface area is 167 Å². The SMILES string of the molecule is CCCOc1c(OC)cccc1C(=O)NCC1(c2ccccc2)CCOCC1. The molecule has 3 rings (SSSR count). The van der Waals surface area contributed by atoms with Crippen molar-refractivity contribution in [1.82, 2.24) is 5.32 Å². The normalized spacial score (nSPS) is 15.6. The third-order valence-corrected chi connectivity index (χ3v) is 5.32. The van der Waals surface area contributed by atoms with Crippen molar-refractivity contribution in [2.75, 3.05) is 33.5 Å². The number of para-hydroxylation sites is 1. The molecule has 0 aliphatic carbocycles. The van der Waals surface area contributed by atoms with Gasteiger partial charge in [-0.2, -0.15) is 0 Å². The average molecular weight is 383 g/mol. The van der Waals surface area contributed by atoms with Crippen molar-refractivity contribution >= 4 is 5.91 Å². The fourth-order valence-electron chi connectivity index (χ4n) is 3.67. The molecule has 1 fully saturated rings. The molecule has 1 heterocycles. The topological polar surface area (TPSA) is 56.8 Å². The van der Waals surface area contributed by atoms with Crippen molar-refractivity contribution in [2.24, 2.45) is 0 Å². The van der Waals surface area contributed by atoms with Crippen LogP contribution in [0.15, 0.2) is 48.5 Å². The number of carbonyl (C=O) groups excluding carboxylic acids is 1. The first kappa shape index (κ1) is 20.2. The molecule has 1 aliphatic heterocycles. The summed E-state index contributed by atoms with van der Waals surface area (Å²) < 4.78 is 16.8. The van der Waals surface area contributed by atoms with Gasteiger partial charge >= 0.3 is 0 Å². The van der Waals surface area contributed by atoms with E-state index < -0.39 is 0 Å². The lowest BCUT2D eigenvalue weighted by atomic mass is 9.74. The maximum absolute atomic E-state index is 13.0. The fraction of sp³-hybridized carbons (Fsp3) is 0.435. The summed E-state index contributed by atoms with van der Waals surface area (Å²) in [5.41, 5.74) is 1.63. The number of nitrogens with one attached hydrogen (secondary N) is 1. The van der Waals surface area contributed by atoms with Crippen LogP contribution in [0.5, 0.6) is 11.5 Å². The molecule has 150 valence electrons. The van der Waals surface area contributed by atoms with Gasteiger partial charge in [0.2, 0.25) is 0 Å². The predicted molar refractivity (Wildman–Crippen MR) is 109 cm³/mol. The van der Waals surface area contributed by atoms with Crippen LogP contribution >= 0.6 is 0 Å². The van der Waals surface area contributed by atoms with E-state index in [1.54, 1.807) is 13.2 Å². The van der Waals surface area contributed by atoms with Crippen molar-refractivity contribution in [1.29, 1.82) is 0 Å². The van der Waals surface area contributed by atoms with Crippen molar-refractivity contribution < 1.29 is 19.0 Å². The minimum absolute atomic E-state index is 0.113. The Morgan fingerprint density at radius 1 is 1.11 bits per heavy atom. The van der Waals surface area contributed by atoms with E-state index in [0.29, 0.717) is 43.4 Å². The molecule has 5 heteroatoms. The minimum atomic E-state index is -0.146. The highest BCUT2D eigenvalue weighted by Gasteiger charge is 2.35. The van der Waals surface area contributed by atoms with E-state index in [1.807, 2.05) is 37.3 Å². The molecule has 0 bridgehead atoms. The summed E-state index contributed by atoms with van der Waals surface area (Å²) in [6, 6.07) is 15.8. The highest BCUT2D eigenvalue weighted by molar-refractivity contribution is 5.97.